The van der Waals surface area contributed by atoms with Crippen LogP contribution in [-0.2, 0) is 33.8 Å². The number of carbonyl (C=O) groups excluding carboxylic acids is 2. The van der Waals surface area contributed by atoms with Crippen LogP contribution in [-0.4, -0.2) is 70.7 Å². The molecule has 234 valence electrons. The van der Waals surface area contributed by atoms with Gasteiger partial charge in [-0.25, -0.2) is 18.0 Å². The van der Waals surface area contributed by atoms with E-state index in [0.29, 0.717) is 4.31 Å². The van der Waals surface area contributed by atoms with Crippen molar-refractivity contribution in [3.05, 3.63) is 87.5 Å². The van der Waals surface area contributed by atoms with Gasteiger partial charge in [-0.15, -0.1) is 4.31 Å². The first-order valence-corrected chi connectivity index (χ1v) is 14.3. The van der Waals surface area contributed by atoms with Gasteiger partial charge in [0.15, 0.2) is 17.7 Å². The number of sulfonamides is 1. The normalized spacial score (nSPS) is 17.9. The standard InChI is InChI=1S/C29H30N2O12S/c1-17-7-13-21(14-8-17)44(36,37)30-26(18-9-11-20(12-10-18)31(34)35)43-25(29(30,27(32)41-5)28(33)42-6)19-15-22(38-2)24(40-4)23(16-19)39-3/h7-16,25-26H,1-6H3/t25-,26+/m0/s1. The van der Waals surface area contributed by atoms with Gasteiger partial charge in [0.25, 0.3) is 11.2 Å². The van der Waals surface area contributed by atoms with Crippen LogP contribution in [0.3, 0.4) is 0 Å². The van der Waals surface area contributed by atoms with Gasteiger partial charge in [-0.2, -0.15) is 0 Å². The number of hydrogen-bond acceptors (Lipinski definition) is 12. The Hall–Kier alpha value is -4.73. The lowest BCUT2D eigenvalue weighted by Gasteiger charge is -2.35. The fraction of sp³-hybridized carbons (Fsp3) is 0.310. The number of nitro benzene ring substituents is 1. The zero-order valence-electron chi connectivity index (χ0n) is 24.6. The number of esters is 2. The zero-order chi connectivity index (χ0) is 32.4. The zero-order valence-corrected chi connectivity index (χ0v) is 25.4. The Kier molecular flexibility index (Phi) is 9.13. The van der Waals surface area contributed by atoms with Gasteiger partial charge in [-0.05, 0) is 54.4 Å². The predicted molar refractivity (Wildman–Crippen MR) is 153 cm³/mol. The number of non-ortho nitro benzene ring substituents is 1. The van der Waals surface area contributed by atoms with E-state index in [1.54, 1.807) is 19.1 Å². The number of nitro groups is 1. The molecule has 0 unspecified atom stereocenters. The van der Waals surface area contributed by atoms with Crippen molar-refractivity contribution in [2.24, 2.45) is 0 Å². The molecular formula is C29H30N2O12S. The van der Waals surface area contributed by atoms with Gasteiger partial charge < -0.3 is 28.4 Å². The fourth-order valence-electron chi connectivity index (χ4n) is 5.06. The van der Waals surface area contributed by atoms with Crippen LogP contribution in [0.4, 0.5) is 5.69 Å². The highest BCUT2D eigenvalue weighted by Crippen LogP contribution is 2.55. The van der Waals surface area contributed by atoms with E-state index in [2.05, 4.69) is 0 Å². The van der Waals surface area contributed by atoms with E-state index in [1.807, 2.05) is 0 Å². The number of hydrogen-bond donors (Lipinski definition) is 0. The van der Waals surface area contributed by atoms with Crippen molar-refractivity contribution < 1.29 is 51.4 Å². The molecule has 0 aliphatic carbocycles. The van der Waals surface area contributed by atoms with Crippen LogP contribution in [0, 0.1) is 17.0 Å². The molecule has 1 saturated heterocycles. The molecule has 44 heavy (non-hydrogen) atoms. The molecule has 0 N–H and O–H groups in total. The molecular weight excluding hydrogens is 600 g/mol. The summed E-state index contributed by atoms with van der Waals surface area (Å²) < 4.78 is 62.5. The molecule has 1 aliphatic heterocycles. The molecule has 0 aromatic heterocycles. The second-order valence-corrected chi connectivity index (χ2v) is 11.4. The summed E-state index contributed by atoms with van der Waals surface area (Å²) in [5.74, 6) is -2.23. The number of benzene rings is 3. The minimum atomic E-state index is -4.80. The van der Waals surface area contributed by atoms with Crippen LogP contribution in [0.15, 0.2) is 65.6 Å². The van der Waals surface area contributed by atoms with Gasteiger partial charge in [0.05, 0.1) is 45.4 Å². The van der Waals surface area contributed by atoms with E-state index >= 15 is 0 Å². The maximum absolute atomic E-state index is 14.5. The monoisotopic (exact) mass is 630 g/mol. The van der Waals surface area contributed by atoms with Gasteiger partial charge in [-0.1, -0.05) is 17.7 Å². The van der Waals surface area contributed by atoms with Crippen LogP contribution < -0.4 is 14.2 Å². The molecule has 1 heterocycles. The number of rotatable bonds is 10. The molecule has 14 nitrogen and oxygen atoms in total. The number of aryl methyl sites for hydroxylation is 1. The maximum atomic E-state index is 14.5. The predicted octanol–water partition coefficient (Wildman–Crippen LogP) is 3.47. The summed E-state index contributed by atoms with van der Waals surface area (Å²) in [5, 5.41) is 11.4. The van der Waals surface area contributed by atoms with Crippen molar-refractivity contribution in [2.45, 2.75) is 29.7 Å². The highest BCUT2D eigenvalue weighted by molar-refractivity contribution is 7.89. The van der Waals surface area contributed by atoms with Crippen LogP contribution in [0.1, 0.15) is 29.0 Å². The van der Waals surface area contributed by atoms with Crippen LogP contribution >= 0.6 is 0 Å². The highest BCUT2D eigenvalue weighted by atomic mass is 32.2. The minimum Gasteiger partial charge on any atom is -0.493 e. The Balaban J connectivity index is 2.12. The molecule has 0 radical (unpaired) electrons. The Morgan fingerprint density at radius 2 is 1.36 bits per heavy atom. The topological polar surface area (TPSA) is 170 Å². The summed E-state index contributed by atoms with van der Waals surface area (Å²) >= 11 is 0. The number of nitrogens with zero attached hydrogens (tertiary/aromatic N) is 2. The Morgan fingerprint density at radius 3 is 1.80 bits per heavy atom. The molecule has 2 atom stereocenters. The second kappa shape index (κ2) is 12.5. The summed E-state index contributed by atoms with van der Waals surface area (Å²) in [4.78, 5) is 38.3. The van der Waals surface area contributed by atoms with Crippen molar-refractivity contribution in [3.63, 3.8) is 0 Å². The first-order chi connectivity index (χ1) is 20.9. The molecule has 1 fully saturated rings. The van der Waals surface area contributed by atoms with Gasteiger partial charge in [0.1, 0.15) is 6.10 Å². The average Bonchev–Trinajstić information content (AvgIpc) is 3.41. The third-order valence-corrected chi connectivity index (χ3v) is 9.02. The van der Waals surface area contributed by atoms with Crippen LogP contribution in [0.25, 0.3) is 0 Å². The van der Waals surface area contributed by atoms with Gasteiger partial charge in [0.2, 0.25) is 15.8 Å². The third-order valence-electron chi connectivity index (χ3n) is 7.15. The molecule has 0 amide bonds. The summed E-state index contributed by atoms with van der Waals surface area (Å²) in [6, 6.07) is 13.3. The summed E-state index contributed by atoms with van der Waals surface area (Å²) in [5.41, 5.74) is -2.23. The number of ether oxygens (including phenoxy) is 6. The lowest BCUT2D eigenvalue weighted by molar-refractivity contribution is -0.384. The average molecular weight is 631 g/mol. The smallest absolute Gasteiger partial charge is 0.342 e. The first kappa shape index (κ1) is 32.2. The number of carbonyl (C=O) groups is 2. The maximum Gasteiger partial charge on any atom is 0.342 e. The van der Waals surface area contributed by atoms with Crippen LogP contribution in [0.5, 0.6) is 17.2 Å². The van der Waals surface area contributed by atoms with E-state index in [1.165, 1.54) is 57.7 Å². The Bertz CT molecular complexity index is 1630. The third kappa shape index (κ3) is 5.18. The van der Waals surface area contributed by atoms with E-state index in [4.69, 9.17) is 28.4 Å². The van der Waals surface area contributed by atoms with E-state index in [0.717, 1.165) is 31.9 Å². The quantitative estimate of drug-likeness (QED) is 0.139. The van der Waals surface area contributed by atoms with Crippen molar-refractivity contribution in [1.82, 2.24) is 4.31 Å². The largest absolute Gasteiger partial charge is 0.493 e. The SMILES string of the molecule is COC(=O)C1(C(=O)OC)[C@H](c2cc(OC)c(OC)c(OC)c2)O[C@H](c2ccc([N+](=O)[O-])cc2)N1S(=O)(=O)c1ccc(C)cc1. The van der Waals surface area contributed by atoms with Crippen molar-refractivity contribution in [1.29, 1.82) is 0 Å². The van der Waals surface area contributed by atoms with E-state index in [-0.39, 0.29) is 39.0 Å². The number of methoxy groups -OCH3 is 5. The van der Waals surface area contributed by atoms with Gasteiger partial charge in [-0.3, -0.25) is 10.1 Å². The summed E-state index contributed by atoms with van der Waals surface area (Å²) in [6.45, 7) is 1.75. The minimum absolute atomic E-state index is 0.0591. The lowest BCUT2D eigenvalue weighted by Crippen LogP contribution is -2.62. The molecule has 4 rings (SSSR count). The molecule has 0 spiro atoms. The van der Waals surface area contributed by atoms with E-state index in [9.17, 15) is 28.1 Å². The van der Waals surface area contributed by atoms with Gasteiger partial charge in [0, 0.05) is 12.1 Å². The summed E-state index contributed by atoms with van der Waals surface area (Å²) in [6.07, 6.45) is -3.42. The second-order valence-electron chi connectivity index (χ2n) is 9.54. The Labute approximate surface area is 253 Å². The van der Waals surface area contributed by atoms with E-state index < -0.39 is 44.8 Å². The molecule has 1 aliphatic rings. The first-order valence-electron chi connectivity index (χ1n) is 12.9. The van der Waals surface area contributed by atoms with Crippen molar-refractivity contribution >= 4 is 27.6 Å². The highest BCUT2D eigenvalue weighted by Gasteiger charge is 2.71. The summed E-state index contributed by atoms with van der Waals surface area (Å²) in [7, 11) is 1.23. The fourth-order valence-corrected chi connectivity index (χ4v) is 6.81. The Morgan fingerprint density at radius 1 is 0.841 bits per heavy atom. The van der Waals surface area contributed by atoms with Crippen molar-refractivity contribution in [3.8, 4) is 17.2 Å². The molecule has 15 heteroatoms. The van der Waals surface area contributed by atoms with Gasteiger partial charge >= 0.3 is 11.9 Å². The molecule has 0 bridgehead atoms. The van der Waals surface area contributed by atoms with Crippen molar-refractivity contribution in [2.75, 3.05) is 35.5 Å². The molecule has 0 saturated carbocycles. The molecule has 3 aromatic carbocycles. The van der Waals surface area contributed by atoms with Crippen LogP contribution in [0.2, 0.25) is 0 Å². The lowest BCUT2D eigenvalue weighted by atomic mass is 9.87. The molecule has 3 aromatic rings.